The summed E-state index contributed by atoms with van der Waals surface area (Å²) in [7, 11) is 0. The van der Waals surface area contributed by atoms with Gasteiger partial charge in [0.2, 0.25) is 5.91 Å². The number of benzene rings is 2. The average Bonchev–Trinajstić information content (AvgIpc) is 2.88. The van der Waals surface area contributed by atoms with Crippen molar-refractivity contribution in [2.75, 3.05) is 31.1 Å². The zero-order valence-electron chi connectivity index (χ0n) is 19.1. The van der Waals surface area contributed by atoms with Gasteiger partial charge in [0, 0.05) is 49.4 Å². The number of anilines is 1. The van der Waals surface area contributed by atoms with Crippen LogP contribution in [-0.2, 0) is 11.3 Å². The molecule has 0 bridgehead atoms. The number of amides is 1. The molecule has 2 aliphatic rings. The van der Waals surface area contributed by atoms with Crippen LogP contribution in [0.25, 0.3) is 10.9 Å². The first-order valence-corrected chi connectivity index (χ1v) is 12.4. The van der Waals surface area contributed by atoms with Gasteiger partial charge in [-0.25, -0.2) is 4.79 Å². The van der Waals surface area contributed by atoms with Crippen molar-refractivity contribution in [3.05, 3.63) is 74.4 Å². The van der Waals surface area contributed by atoms with E-state index in [1.165, 1.54) is 10.3 Å². The van der Waals surface area contributed by atoms with Gasteiger partial charge in [-0.05, 0) is 61.9 Å². The summed E-state index contributed by atoms with van der Waals surface area (Å²) in [4.78, 5) is 45.7. The Morgan fingerprint density at radius 3 is 2.35 bits per heavy atom. The fraction of sp³-hybridized carbons (Fsp3) is 0.423. The van der Waals surface area contributed by atoms with E-state index in [-0.39, 0.29) is 23.3 Å². The molecule has 1 aliphatic heterocycles. The highest BCUT2D eigenvalue weighted by atomic mass is 35.5. The van der Waals surface area contributed by atoms with Crippen LogP contribution in [0, 0.1) is 11.8 Å². The van der Waals surface area contributed by atoms with Crippen LogP contribution >= 0.6 is 11.6 Å². The summed E-state index contributed by atoms with van der Waals surface area (Å²) < 4.78 is 1.29. The number of carbonyl (C=O) groups excluding carboxylic acids is 1. The highest BCUT2D eigenvalue weighted by Gasteiger charge is 2.31. The van der Waals surface area contributed by atoms with Crippen molar-refractivity contribution in [2.45, 2.75) is 32.2 Å². The molecule has 1 saturated heterocycles. The summed E-state index contributed by atoms with van der Waals surface area (Å²) in [6.07, 6.45) is 3.27. The monoisotopic (exact) mass is 480 g/mol. The Bertz CT molecular complexity index is 1290. The zero-order valence-corrected chi connectivity index (χ0v) is 19.8. The number of hydrogen-bond donors (Lipinski definition) is 1. The van der Waals surface area contributed by atoms with E-state index in [1.54, 1.807) is 18.2 Å². The molecule has 0 atom stereocenters. The Labute approximate surface area is 202 Å². The van der Waals surface area contributed by atoms with E-state index < -0.39 is 5.69 Å². The van der Waals surface area contributed by atoms with E-state index in [9.17, 15) is 14.4 Å². The number of hydrogen-bond acceptors (Lipinski definition) is 4. The lowest BCUT2D eigenvalue weighted by atomic mass is 9.81. The van der Waals surface area contributed by atoms with Gasteiger partial charge in [-0.1, -0.05) is 29.8 Å². The molecule has 2 aromatic carbocycles. The molecular formula is C26H29ClN4O3. The number of halogens is 1. The molecule has 3 aromatic rings. The second kappa shape index (κ2) is 9.66. The van der Waals surface area contributed by atoms with Crippen molar-refractivity contribution in [2.24, 2.45) is 11.8 Å². The normalized spacial score (nSPS) is 21.1. The van der Waals surface area contributed by atoms with Crippen LogP contribution in [0.1, 0.15) is 25.7 Å². The van der Waals surface area contributed by atoms with Gasteiger partial charge in [0.15, 0.2) is 0 Å². The summed E-state index contributed by atoms with van der Waals surface area (Å²) >= 11 is 6.04. The number of piperazine rings is 1. The van der Waals surface area contributed by atoms with Crippen LogP contribution in [0.15, 0.2) is 58.1 Å². The molecule has 1 saturated carbocycles. The first kappa shape index (κ1) is 22.7. The van der Waals surface area contributed by atoms with Crippen molar-refractivity contribution >= 4 is 34.1 Å². The number of para-hydroxylation sites is 1. The van der Waals surface area contributed by atoms with Gasteiger partial charge in [-0.2, -0.15) is 0 Å². The summed E-state index contributed by atoms with van der Waals surface area (Å²) in [5.74, 6) is 0.487. The van der Waals surface area contributed by atoms with E-state index in [0.29, 0.717) is 22.5 Å². The molecule has 178 valence electrons. The predicted octanol–water partition coefficient (Wildman–Crippen LogP) is 3.50. The molecule has 8 heteroatoms. The lowest BCUT2D eigenvalue weighted by molar-refractivity contribution is -0.137. The second-order valence-corrected chi connectivity index (χ2v) is 9.84. The zero-order chi connectivity index (χ0) is 23.7. The van der Waals surface area contributed by atoms with Crippen molar-refractivity contribution in [1.29, 1.82) is 0 Å². The number of aromatic amines is 1. The van der Waals surface area contributed by atoms with Crippen molar-refractivity contribution in [1.82, 2.24) is 14.5 Å². The molecule has 0 radical (unpaired) electrons. The molecule has 5 rings (SSSR count). The number of carbonyl (C=O) groups is 1. The third-order valence-corrected chi connectivity index (χ3v) is 7.53. The molecule has 2 heterocycles. The smallest absolute Gasteiger partial charge is 0.328 e. The summed E-state index contributed by atoms with van der Waals surface area (Å²) in [6.45, 7) is 3.56. The summed E-state index contributed by atoms with van der Waals surface area (Å²) in [5, 5.41) is 0.887. The maximum Gasteiger partial charge on any atom is 0.328 e. The number of rotatable bonds is 4. The molecule has 7 nitrogen and oxygen atoms in total. The van der Waals surface area contributed by atoms with Crippen LogP contribution < -0.4 is 16.1 Å². The molecule has 1 amide bonds. The van der Waals surface area contributed by atoms with Crippen LogP contribution in [0.2, 0.25) is 5.02 Å². The van der Waals surface area contributed by atoms with Gasteiger partial charge in [-0.3, -0.25) is 14.2 Å². The van der Waals surface area contributed by atoms with E-state index in [0.717, 1.165) is 51.9 Å². The largest absolute Gasteiger partial charge is 0.368 e. The minimum atomic E-state index is -0.394. The Hall–Kier alpha value is -3.06. The van der Waals surface area contributed by atoms with Gasteiger partial charge in [-0.15, -0.1) is 0 Å². The Morgan fingerprint density at radius 2 is 1.65 bits per heavy atom. The third kappa shape index (κ3) is 4.62. The molecule has 0 unspecified atom stereocenters. The van der Waals surface area contributed by atoms with Crippen LogP contribution in [0.5, 0.6) is 0 Å². The van der Waals surface area contributed by atoms with E-state index in [1.807, 2.05) is 23.1 Å². The minimum absolute atomic E-state index is 0.0324. The van der Waals surface area contributed by atoms with Crippen molar-refractivity contribution in [3.63, 3.8) is 0 Å². The lowest BCUT2D eigenvalue weighted by Crippen LogP contribution is -2.50. The highest BCUT2D eigenvalue weighted by molar-refractivity contribution is 6.31. The summed E-state index contributed by atoms with van der Waals surface area (Å²) in [5.41, 5.74) is 0.999. The number of nitrogens with zero attached hydrogens (tertiary/aromatic N) is 3. The van der Waals surface area contributed by atoms with Crippen molar-refractivity contribution in [3.8, 4) is 0 Å². The standard InChI is InChI=1S/C26H29ClN4O3/c27-20-10-11-23-22(16-20)25(33)31(26(34)28-23)17-18-6-8-19(9-7-18)24(32)30-14-12-29(13-15-30)21-4-2-1-3-5-21/h1-5,10-11,16,18-19H,6-9,12-15,17H2,(H,28,34). The van der Waals surface area contributed by atoms with Crippen molar-refractivity contribution < 1.29 is 4.79 Å². The molecule has 1 aromatic heterocycles. The van der Waals surface area contributed by atoms with E-state index in [4.69, 9.17) is 11.6 Å². The minimum Gasteiger partial charge on any atom is -0.368 e. The topological polar surface area (TPSA) is 78.4 Å². The molecule has 0 spiro atoms. The first-order chi connectivity index (χ1) is 16.5. The number of fused-ring (bicyclic) bond motifs is 1. The van der Waals surface area contributed by atoms with Crippen LogP contribution in [0.3, 0.4) is 0 Å². The van der Waals surface area contributed by atoms with E-state index >= 15 is 0 Å². The maximum atomic E-state index is 13.1. The lowest BCUT2D eigenvalue weighted by Gasteiger charge is -2.38. The van der Waals surface area contributed by atoms with Gasteiger partial charge in [0.1, 0.15) is 0 Å². The first-order valence-electron chi connectivity index (χ1n) is 12.0. The summed E-state index contributed by atoms with van der Waals surface area (Å²) in [6, 6.07) is 15.2. The molecule has 34 heavy (non-hydrogen) atoms. The average molecular weight is 481 g/mol. The van der Waals surface area contributed by atoms with Crippen LogP contribution in [-0.4, -0.2) is 46.5 Å². The predicted molar refractivity (Wildman–Crippen MR) is 135 cm³/mol. The quantitative estimate of drug-likeness (QED) is 0.620. The fourth-order valence-electron chi connectivity index (χ4n) is 5.32. The molecule has 1 N–H and O–H groups in total. The Balaban J connectivity index is 1.18. The maximum absolute atomic E-state index is 13.1. The molecule has 1 aliphatic carbocycles. The molecular weight excluding hydrogens is 452 g/mol. The number of nitrogens with one attached hydrogen (secondary N) is 1. The Kier molecular flexibility index (Phi) is 6.46. The molecule has 2 fully saturated rings. The number of H-pyrrole nitrogens is 1. The fourth-order valence-corrected chi connectivity index (χ4v) is 5.49. The van der Waals surface area contributed by atoms with Gasteiger partial charge < -0.3 is 14.8 Å². The van der Waals surface area contributed by atoms with Crippen LogP contribution in [0.4, 0.5) is 5.69 Å². The third-order valence-electron chi connectivity index (χ3n) is 7.29. The van der Waals surface area contributed by atoms with Gasteiger partial charge in [0.25, 0.3) is 5.56 Å². The SMILES string of the molecule is O=C(C1CCC(Cn2c(=O)[nH]c3ccc(Cl)cc3c2=O)CC1)N1CCN(c2ccccc2)CC1. The van der Waals surface area contributed by atoms with E-state index in [2.05, 4.69) is 22.0 Å². The highest BCUT2D eigenvalue weighted by Crippen LogP contribution is 2.31. The number of aromatic nitrogens is 2. The Morgan fingerprint density at radius 1 is 0.941 bits per heavy atom. The second-order valence-electron chi connectivity index (χ2n) is 9.40. The van der Waals surface area contributed by atoms with Gasteiger partial charge in [0.05, 0.1) is 10.9 Å². The van der Waals surface area contributed by atoms with Gasteiger partial charge >= 0.3 is 5.69 Å².